The van der Waals surface area contributed by atoms with Gasteiger partial charge < -0.3 is 5.11 Å². The van der Waals surface area contributed by atoms with Crippen LogP contribution in [0.25, 0.3) is 0 Å². The molecule has 1 N–H and O–H groups in total. The molecule has 0 aromatic heterocycles. The molecule has 0 aromatic carbocycles. The Balaban J connectivity index is 2.54. The third kappa shape index (κ3) is 1.84. The van der Waals surface area contributed by atoms with Crippen LogP contribution in [0.3, 0.4) is 0 Å². The maximum atomic E-state index is 9.37. The van der Waals surface area contributed by atoms with Crippen LogP contribution in [0.2, 0.25) is 0 Å². The number of aliphatic hydroxyl groups excluding tert-OH is 1. The lowest BCUT2D eigenvalue weighted by atomic mass is 10.1. The van der Waals surface area contributed by atoms with E-state index in [1.807, 2.05) is 0 Å². The fourth-order valence-corrected chi connectivity index (χ4v) is 1.47. The highest BCUT2D eigenvalue weighted by Crippen LogP contribution is 2.25. The van der Waals surface area contributed by atoms with Crippen molar-refractivity contribution in [3.05, 3.63) is 11.6 Å². The summed E-state index contributed by atoms with van der Waals surface area (Å²) in [5.41, 5.74) is 1.26. The third-order valence-corrected chi connectivity index (χ3v) is 1.92. The number of aliphatic hydroxyl groups is 1. The molecule has 0 spiro atoms. The first kappa shape index (κ1) is 7.80. The van der Waals surface area contributed by atoms with Gasteiger partial charge in [-0.15, -0.1) is 0 Å². The van der Waals surface area contributed by atoms with Gasteiger partial charge in [-0.25, -0.2) is 0 Å². The first-order valence-corrected chi connectivity index (χ1v) is 4.09. The zero-order valence-electron chi connectivity index (χ0n) is 6.80. The standard InChI is InChI=1S/C9H16O/c1-7(2)6-8-4-3-5-9(8)10/h6-7,9-10H,3-5H2,1-2H3/b8-6+/t9-/m0/s1. The Hall–Kier alpha value is -0.300. The number of hydrogen-bond acceptors (Lipinski definition) is 1. The van der Waals surface area contributed by atoms with E-state index in [0.29, 0.717) is 5.92 Å². The Bertz CT molecular complexity index is 136. The van der Waals surface area contributed by atoms with Crippen LogP contribution in [-0.2, 0) is 0 Å². The van der Waals surface area contributed by atoms with E-state index in [2.05, 4.69) is 19.9 Å². The van der Waals surface area contributed by atoms with Crippen molar-refractivity contribution in [3.63, 3.8) is 0 Å². The Labute approximate surface area is 62.8 Å². The van der Waals surface area contributed by atoms with E-state index in [9.17, 15) is 5.11 Å². The van der Waals surface area contributed by atoms with Crippen LogP contribution in [0.5, 0.6) is 0 Å². The molecule has 1 aliphatic carbocycles. The predicted molar refractivity (Wildman–Crippen MR) is 42.8 cm³/mol. The van der Waals surface area contributed by atoms with E-state index < -0.39 is 0 Å². The van der Waals surface area contributed by atoms with Gasteiger partial charge in [-0.1, -0.05) is 19.9 Å². The SMILES string of the molecule is CC(C)/C=C1\CCC[C@@H]1O. The first-order valence-electron chi connectivity index (χ1n) is 4.09. The summed E-state index contributed by atoms with van der Waals surface area (Å²) in [6.07, 6.45) is 5.32. The topological polar surface area (TPSA) is 20.2 Å². The van der Waals surface area contributed by atoms with Crippen molar-refractivity contribution in [2.75, 3.05) is 0 Å². The molecule has 0 aromatic rings. The highest BCUT2D eigenvalue weighted by atomic mass is 16.3. The van der Waals surface area contributed by atoms with E-state index in [1.54, 1.807) is 0 Å². The van der Waals surface area contributed by atoms with Crippen molar-refractivity contribution in [1.29, 1.82) is 0 Å². The number of hydrogen-bond donors (Lipinski definition) is 1. The monoisotopic (exact) mass is 140 g/mol. The van der Waals surface area contributed by atoms with Crippen LogP contribution in [0.1, 0.15) is 33.1 Å². The van der Waals surface area contributed by atoms with Gasteiger partial charge in [-0.2, -0.15) is 0 Å². The molecule has 1 atom stereocenters. The number of rotatable bonds is 1. The molecule has 0 amide bonds. The molecule has 0 aliphatic heterocycles. The molecule has 0 unspecified atom stereocenters. The molecule has 0 radical (unpaired) electrons. The zero-order valence-corrected chi connectivity index (χ0v) is 6.80. The smallest absolute Gasteiger partial charge is 0.0750 e. The van der Waals surface area contributed by atoms with Crippen LogP contribution in [-0.4, -0.2) is 11.2 Å². The van der Waals surface area contributed by atoms with Crippen molar-refractivity contribution in [2.24, 2.45) is 5.92 Å². The van der Waals surface area contributed by atoms with Gasteiger partial charge in [-0.3, -0.25) is 0 Å². The second kappa shape index (κ2) is 3.20. The van der Waals surface area contributed by atoms with Gasteiger partial charge >= 0.3 is 0 Å². The molecular formula is C9H16O. The van der Waals surface area contributed by atoms with E-state index >= 15 is 0 Å². The van der Waals surface area contributed by atoms with Gasteiger partial charge in [0.1, 0.15) is 0 Å². The Morgan fingerprint density at radius 2 is 2.30 bits per heavy atom. The van der Waals surface area contributed by atoms with Crippen LogP contribution < -0.4 is 0 Å². The summed E-state index contributed by atoms with van der Waals surface area (Å²) in [5.74, 6) is 0.586. The average Bonchev–Trinajstić information content (AvgIpc) is 2.15. The van der Waals surface area contributed by atoms with Gasteiger partial charge in [0.2, 0.25) is 0 Å². The predicted octanol–water partition coefficient (Wildman–Crippen LogP) is 2.11. The van der Waals surface area contributed by atoms with E-state index in [-0.39, 0.29) is 6.10 Å². The highest BCUT2D eigenvalue weighted by Gasteiger charge is 2.17. The van der Waals surface area contributed by atoms with Gasteiger partial charge in [0.15, 0.2) is 0 Å². The molecule has 1 heteroatoms. The summed E-state index contributed by atoms with van der Waals surface area (Å²) in [6, 6.07) is 0. The van der Waals surface area contributed by atoms with Crippen LogP contribution in [0.4, 0.5) is 0 Å². The van der Waals surface area contributed by atoms with Crippen LogP contribution in [0.15, 0.2) is 11.6 Å². The molecule has 1 fully saturated rings. The molecule has 1 nitrogen and oxygen atoms in total. The summed E-state index contributed by atoms with van der Waals surface area (Å²) < 4.78 is 0. The van der Waals surface area contributed by atoms with Crippen molar-refractivity contribution in [2.45, 2.75) is 39.2 Å². The summed E-state index contributed by atoms with van der Waals surface area (Å²) in [5, 5.41) is 9.37. The minimum absolute atomic E-state index is 0.123. The number of allylic oxidation sites excluding steroid dienone is 1. The molecule has 0 bridgehead atoms. The molecule has 0 saturated heterocycles. The summed E-state index contributed by atoms with van der Waals surface area (Å²) in [4.78, 5) is 0. The normalized spacial score (nSPS) is 30.4. The molecule has 1 rings (SSSR count). The highest BCUT2D eigenvalue weighted by molar-refractivity contribution is 5.12. The Kier molecular flexibility index (Phi) is 2.50. The van der Waals surface area contributed by atoms with Crippen molar-refractivity contribution in [3.8, 4) is 0 Å². The van der Waals surface area contributed by atoms with E-state index in [4.69, 9.17) is 0 Å². The van der Waals surface area contributed by atoms with E-state index in [0.717, 1.165) is 12.8 Å². The quantitative estimate of drug-likeness (QED) is 0.553. The largest absolute Gasteiger partial charge is 0.389 e. The van der Waals surface area contributed by atoms with Crippen LogP contribution in [0, 0.1) is 5.92 Å². The maximum Gasteiger partial charge on any atom is 0.0750 e. The fraction of sp³-hybridized carbons (Fsp3) is 0.778. The molecule has 0 heterocycles. The summed E-state index contributed by atoms with van der Waals surface area (Å²) in [7, 11) is 0. The lowest BCUT2D eigenvalue weighted by Crippen LogP contribution is -2.02. The molecule has 10 heavy (non-hydrogen) atoms. The first-order chi connectivity index (χ1) is 4.70. The summed E-state index contributed by atoms with van der Waals surface area (Å²) in [6.45, 7) is 4.30. The van der Waals surface area contributed by atoms with E-state index in [1.165, 1.54) is 12.0 Å². The van der Waals surface area contributed by atoms with Crippen molar-refractivity contribution >= 4 is 0 Å². The zero-order chi connectivity index (χ0) is 7.56. The van der Waals surface area contributed by atoms with Crippen molar-refractivity contribution in [1.82, 2.24) is 0 Å². The second-order valence-electron chi connectivity index (χ2n) is 3.39. The lowest BCUT2D eigenvalue weighted by Gasteiger charge is -2.04. The van der Waals surface area contributed by atoms with Gasteiger partial charge in [0.05, 0.1) is 6.10 Å². The van der Waals surface area contributed by atoms with Crippen molar-refractivity contribution < 1.29 is 5.11 Å². The molecule has 1 aliphatic rings. The molecule has 58 valence electrons. The molecular weight excluding hydrogens is 124 g/mol. The maximum absolute atomic E-state index is 9.37. The van der Waals surface area contributed by atoms with Gasteiger partial charge in [0.25, 0.3) is 0 Å². The lowest BCUT2D eigenvalue weighted by molar-refractivity contribution is 0.217. The fourth-order valence-electron chi connectivity index (χ4n) is 1.47. The summed E-state index contributed by atoms with van der Waals surface area (Å²) >= 11 is 0. The van der Waals surface area contributed by atoms with Crippen LogP contribution >= 0.6 is 0 Å². The van der Waals surface area contributed by atoms with Gasteiger partial charge in [0, 0.05) is 0 Å². The Morgan fingerprint density at radius 1 is 1.60 bits per heavy atom. The third-order valence-electron chi connectivity index (χ3n) is 1.92. The molecule has 1 saturated carbocycles. The average molecular weight is 140 g/mol. The Morgan fingerprint density at radius 3 is 2.70 bits per heavy atom. The second-order valence-corrected chi connectivity index (χ2v) is 3.39. The minimum atomic E-state index is -0.123. The minimum Gasteiger partial charge on any atom is -0.389 e. The van der Waals surface area contributed by atoms with Gasteiger partial charge in [-0.05, 0) is 30.8 Å².